The monoisotopic (exact) mass is 611 g/mol. The number of hydrogen-bond acceptors (Lipinski definition) is 4. The van der Waals surface area contributed by atoms with Crippen molar-refractivity contribution in [1.29, 1.82) is 0 Å². The maximum absolute atomic E-state index is 13.1. The lowest BCUT2D eigenvalue weighted by Gasteiger charge is -2.25. The van der Waals surface area contributed by atoms with E-state index in [1.54, 1.807) is 43.3 Å². The number of pyridine rings is 1. The summed E-state index contributed by atoms with van der Waals surface area (Å²) in [7, 11) is 0. The highest BCUT2D eigenvalue weighted by molar-refractivity contribution is 14.1. The number of nitrogens with one attached hydrogen (secondary N) is 2. The SMILES string of the molecule is Cc1cc(C(C)(O)c2ccc(C(F)(F)F)cn2)ccc1NC(=O)c1cccc(I)c1C(=O)NC(C)C. The molecule has 1 heterocycles. The van der Waals surface area contributed by atoms with Crippen LogP contribution in [0.4, 0.5) is 18.9 Å². The molecule has 6 nitrogen and oxygen atoms in total. The third kappa shape index (κ3) is 6.04. The summed E-state index contributed by atoms with van der Waals surface area (Å²) in [6, 6.07) is 11.7. The van der Waals surface area contributed by atoms with Crippen molar-refractivity contribution >= 4 is 40.1 Å². The number of carbonyl (C=O) groups is 2. The Balaban J connectivity index is 1.87. The Kier molecular flexibility index (Phi) is 8.09. The van der Waals surface area contributed by atoms with Crippen molar-refractivity contribution in [1.82, 2.24) is 10.3 Å². The summed E-state index contributed by atoms with van der Waals surface area (Å²) in [6.45, 7) is 6.80. The van der Waals surface area contributed by atoms with E-state index < -0.39 is 23.2 Å². The molecule has 0 radical (unpaired) electrons. The van der Waals surface area contributed by atoms with Gasteiger partial charge in [-0.1, -0.05) is 18.2 Å². The quantitative estimate of drug-likeness (QED) is 0.314. The molecule has 0 aliphatic heterocycles. The van der Waals surface area contributed by atoms with Crippen molar-refractivity contribution in [3.05, 3.63) is 91.8 Å². The molecular formula is C26H25F3IN3O3. The van der Waals surface area contributed by atoms with Gasteiger partial charge in [0.1, 0.15) is 5.60 Å². The number of aryl methyl sites for hydroxylation is 1. The van der Waals surface area contributed by atoms with Crippen LogP contribution in [0.25, 0.3) is 0 Å². The van der Waals surface area contributed by atoms with E-state index in [1.165, 1.54) is 6.92 Å². The number of anilines is 1. The van der Waals surface area contributed by atoms with Crippen molar-refractivity contribution in [2.75, 3.05) is 5.32 Å². The fourth-order valence-electron chi connectivity index (χ4n) is 3.57. The average molecular weight is 611 g/mol. The maximum Gasteiger partial charge on any atom is 0.417 e. The number of hydrogen-bond donors (Lipinski definition) is 3. The summed E-state index contributed by atoms with van der Waals surface area (Å²) >= 11 is 2.01. The van der Waals surface area contributed by atoms with Gasteiger partial charge in [-0.2, -0.15) is 13.2 Å². The minimum atomic E-state index is -4.53. The molecule has 0 saturated heterocycles. The number of benzene rings is 2. The molecule has 3 N–H and O–H groups in total. The normalized spacial score (nSPS) is 13.3. The fraction of sp³-hybridized carbons (Fsp3) is 0.269. The maximum atomic E-state index is 13.1. The van der Waals surface area contributed by atoms with Crippen LogP contribution in [0.5, 0.6) is 0 Å². The van der Waals surface area contributed by atoms with E-state index in [0.29, 0.717) is 26.6 Å². The zero-order chi connectivity index (χ0) is 26.8. The highest BCUT2D eigenvalue weighted by Crippen LogP contribution is 2.33. The number of carbonyl (C=O) groups excluding carboxylic acids is 2. The second-order valence-electron chi connectivity index (χ2n) is 8.78. The molecule has 2 aromatic carbocycles. The van der Waals surface area contributed by atoms with E-state index in [2.05, 4.69) is 15.6 Å². The van der Waals surface area contributed by atoms with Crippen molar-refractivity contribution in [2.24, 2.45) is 0 Å². The predicted octanol–water partition coefficient (Wildman–Crippen LogP) is 5.66. The lowest BCUT2D eigenvalue weighted by Crippen LogP contribution is -2.32. The van der Waals surface area contributed by atoms with E-state index in [9.17, 15) is 27.9 Å². The Morgan fingerprint density at radius 2 is 1.69 bits per heavy atom. The number of alkyl halides is 3. The standard InChI is InChI=1S/C26H25F3IN3O3/c1-14(2)32-24(35)22-18(6-5-7-19(22)30)23(34)33-20-10-8-16(12-15(20)3)25(4,36)21-11-9-17(13-31-21)26(27,28)29/h5-14,36H,1-4H3,(H,32,35)(H,33,34). The first-order valence-corrected chi connectivity index (χ1v) is 12.1. The van der Waals surface area contributed by atoms with E-state index in [1.807, 2.05) is 36.4 Å². The summed E-state index contributed by atoms with van der Waals surface area (Å²) in [5.74, 6) is -0.832. The second kappa shape index (κ2) is 10.6. The molecular weight excluding hydrogens is 586 g/mol. The summed E-state index contributed by atoms with van der Waals surface area (Å²) in [5, 5.41) is 16.7. The molecule has 0 bridgehead atoms. The van der Waals surface area contributed by atoms with Gasteiger partial charge in [0, 0.05) is 21.5 Å². The van der Waals surface area contributed by atoms with Gasteiger partial charge in [0.05, 0.1) is 22.4 Å². The Morgan fingerprint density at radius 1 is 1.03 bits per heavy atom. The van der Waals surface area contributed by atoms with Crippen LogP contribution in [0.3, 0.4) is 0 Å². The molecule has 190 valence electrons. The van der Waals surface area contributed by atoms with Crippen molar-refractivity contribution in [2.45, 2.75) is 45.5 Å². The molecule has 0 spiro atoms. The topological polar surface area (TPSA) is 91.3 Å². The molecule has 3 aromatic rings. The van der Waals surface area contributed by atoms with Gasteiger partial charge in [0.15, 0.2) is 0 Å². The summed E-state index contributed by atoms with van der Waals surface area (Å²) in [4.78, 5) is 29.6. The summed E-state index contributed by atoms with van der Waals surface area (Å²) in [6.07, 6.45) is -3.85. The Hall–Kier alpha value is -2.99. The molecule has 36 heavy (non-hydrogen) atoms. The van der Waals surface area contributed by atoms with Crippen LogP contribution >= 0.6 is 22.6 Å². The van der Waals surface area contributed by atoms with Crippen LogP contribution in [-0.2, 0) is 11.8 Å². The lowest BCUT2D eigenvalue weighted by molar-refractivity contribution is -0.137. The van der Waals surface area contributed by atoms with Gasteiger partial charge in [-0.25, -0.2) is 0 Å². The van der Waals surface area contributed by atoms with E-state index in [0.717, 1.165) is 12.1 Å². The third-order valence-corrected chi connectivity index (χ3v) is 6.43. The predicted molar refractivity (Wildman–Crippen MR) is 139 cm³/mol. The first-order chi connectivity index (χ1) is 16.7. The Morgan fingerprint density at radius 3 is 2.25 bits per heavy atom. The molecule has 0 saturated carbocycles. The number of rotatable bonds is 6. The Labute approximate surface area is 220 Å². The molecule has 2 amide bonds. The summed E-state index contributed by atoms with van der Waals surface area (Å²) in [5.41, 5.74) is -0.605. The highest BCUT2D eigenvalue weighted by Gasteiger charge is 2.33. The fourth-order valence-corrected chi connectivity index (χ4v) is 4.32. The molecule has 1 aromatic heterocycles. The molecule has 3 rings (SSSR count). The number of nitrogens with zero attached hydrogens (tertiary/aromatic N) is 1. The largest absolute Gasteiger partial charge is 0.417 e. The number of halogens is 4. The molecule has 0 fully saturated rings. The zero-order valence-corrected chi connectivity index (χ0v) is 22.2. The minimum absolute atomic E-state index is 0.0475. The van der Waals surface area contributed by atoms with Crippen molar-refractivity contribution < 1.29 is 27.9 Å². The first-order valence-electron chi connectivity index (χ1n) is 11.0. The lowest BCUT2D eigenvalue weighted by atomic mass is 9.90. The zero-order valence-electron chi connectivity index (χ0n) is 20.0. The summed E-state index contributed by atoms with van der Waals surface area (Å²) < 4.78 is 39.2. The van der Waals surface area contributed by atoms with Gasteiger partial charge in [0.2, 0.25) is 0 Å². The number of aromatic nitrogens is 1. The molecule has 1 unspecified atom stereocenters. The van der Waals surface area contributed by atoms with Crippen molar-refractivity contribution in [3.63, 3.8) is 0 Å². The van der Waals surface area contributed by atoms with Gasteiger partial charge in [0.25, 0.3) is 11.8 Å². The minimum Gasteiger partial charge on any atom is -0.379 e. The number of aliphatic hydroxyl groups is 1. The first kappa shape index (κ1) is 27.6. The van der Waals surface area contributed by atoms with Gasteiger partial charge >= 0.3 is 6.18 Å². The van der Waals surface area contributed by atoms with Gasteiger partial charge in [-0.15, -0.1) is 0 Å². The van der Waals surface area contributed by atoms with E-state index in [-0.39, 0.29) is 28.8 Å². The van der Waals surface area contributed by atoms with Crippen LogP contribution in [0, 0.1) is 10.5 Å². The molecule has 0 aliphatic rings. The van der Waals surface area contributed by atoms with Crippen LogP contribution < -0.4 is 10.6 Å². The van der Waals surface area contributed by atoms with Crippen LogP contribution in [0.2, 0.25) is 0 Å². The molecule has 1 atom stereocenters. The second-order valence-corrected chi connectivity index (χ2v) is 9.94. The third-order valence-electron chi connectivity index (χ3n) is 5.53. The highest BCUT2D eigenvalue weighted by atomic mass is 127. The van der Waals surface area contributed by atoms with Crippen LogP contribution in [-0.4, -0.2) is 27.9 Å². The van der Waals surface area contributed by atoms with Gasteiger partial charge in [-0.3, -0.25) is 14.6 Å². The number of amides is 2. The molecule has 10 heteroatoms. The van der Waals surface area contributed by atoms with E-state index in [4.69, 9.17) is 0 Å². The van der Waals surface area contributed by atoms with Crippen molar-refractivity contribution in [3.8, 4) is 0 Å². The van der Waals surface area contributed by atoms with E-state index >= 15 is 0 Å². The smallest absolute Gasteiger partial charge is 0.379 e. The average Bonchev–Trinajstić information content (AvgIpc) is 2.79. The van der Waals surface area contributed by atoms with Gasteiger partial charge in [-0.05, 0) is 91.7 Å². The van der Waals surface area contributed by atoms with Crippen LogP contribution in [0.1, 0.15) is 63.9 Å². The van der Waals surface area contributed by atoms with Crippen LogP contribution in [0.15, 0.2) is 54.7 Å². The Bertz CT molecular complexity index is 1290. The molecule has 0 aliphatic carbocycles. The van der Waals surface area contributed by atoms with Gasteiger partial charge < -0.3 is 15.7 Å².